The molecule has 0 spiro atoms. The van der Waals surface area contributed by atoms with E-state index < -0.39 is 11.6 Å². The number of benzene rings is 2. The molecule has 0 aliphatic heterocycles. The average molecular weight is 341 g/mol. The zero-order chi connectivity index (χ0) is 14.7. The van der Waals surface area contributed by atoms with Crippen LogP contribution in [0.3, 0.4) is 0 Å². The molecule has 2 rings (SSSR count). The summed E-state index contributed by atoms with van der Waals surface area (Å²) in [6.07, 6.45) is 0. The van der Waals surface area contributed by atoms with E-state index in [-0.39, 0.29) is 12.2 Å². The third kappa shape index (κ3) is 3.16. The maximum atomic E-state index is 14.0. The molecule has 2 nitrogen and oxygen atoms in total. The summed E-state index contributed by atoms with van der Waals surface area (Å²) in [6.45, 7) is 0.513. The molecule has 0 amide bonds. The van der Waals surface area contributed by atoms with Crippen LogP contribution in [0.2, 0.25) is 0 Å². The van der Waals surface area contributed by atoms with Crippen LogP contribution in [0.5, 0.6) is 0 Å². The summed E-state index contributed by atoms with van der Waals surface area (Å²) in [5.41, 5.74) is 6.76. The van der Waals surface area contributed by atoms with Crippen molar-refractivity contribution in [2.45, 2.75) is 13.1 Å². The summed E-state index contributed by atoms with van der Waals surface area (Å²) < 4.78 is 28.9. The van der Waals surface area contributed by atoms with Crippen molar-refractivity contribution in [3.63, 3.8) is 0 Å². The summed E-state index contributed by atoms with van der Waals surface area (Å²) in [5, 5.41) is 0. The van der Waals surface area contributed by atoms with Gasteiger partial charge < -0.3 is 10.6 Å². The fourth-order valence-corrected chi connectivity index (χ4v) is 2.47. The van der Waals surface area contributed by atoms with Gasteiger partial charge in [-0.25, -0.2) is 8.78 Å². The van der Waals surface area contributed by atoms with Gasteiger partial charge in [-0.15, -0.1) is 0 Å². The Hall–Kier alpha value is -1.46. The van der Waals surface area contributed by atoms with Gasteiger partial charge in [0.2, 0.25) is 0 Å². The van der Waals surface area contributed by atoms with E-state index in [4.69, 9.17) is 5.73 Å². The quantitative estimate of drug-likeness (QED) is 0.916. The molecule has 2 N–H and O–H groups in total. The van der Waals surface area contributed by atoms with Crippen molar-refractivity contribution in [2.75, 3.05) is 11.9 Å². The zero-order valence-electron chi connectivity index (χ0n) is 11.0. The predicted molar refractivity (Wildman–Crippen MR) is 80.5 cm³/mol. The first-order chi connectivity index (χ1) is 9.52. The van der Waals surface area contributed by atoms with Crippen LogP contribution < -0.4 is 10.6 Å². The molecular weight excluding hydrogens is 326 g/mol. The Bertz CT molecular complexity index is 594. The molecule has 0 aliphatic rings. The van der Waals surface area contributed by atoms with Gasteiger partial charge in [-0.2, -0.15) is 0 Å². The van der Waals surface area contributed by atoms with Gasteiger partial charge >= 0.3 is 0 Å². The van der Waals surface area contributed by atoms with Crippen molar-refractivity contribution in [1.82, 2.24) is 0 Å². The lowest BCUT2D eigenvalue weighted by atomic mass is 10.1. The summed E-state index contributed by atoms with van der Waals surface area (Å²) in [4.78, 5) is 1.55. The van der Waals surface area contributed by atoms with E-state index in [1.54, 1.807) is 11.9 Å². The van der Waals surface area contributed by atoms with Gasteiger partial charge in [-0.05, 0) is 29.3 Å². The molecule has 0 atom stereocenters. The van der Waals surface area contributed by atoms with Crippen molar-refractivity contribution in [1.29, 1.82) is 0 Å². The van der Waals surface area contributed by atoms with Crippen LogP contribution in [0.1, 0.15) is 11.1 Å². The lowest BCUT2D eigenvalue weighted by Crippen LogP contribution is -2.20. The van der Waals surface area contributed by atoms with Crippen LogP contribution in [0.4, 0.5) is 14.5 Å². The Morgan fingerprint density at radius 3 is 2.30 bits per heavy atom. The number of halogens is 3. The van der Waals surface area contributed by atoms with E-state index in [1.807, 2.05) is 24.3 Å². The highest BCUT2D eigenvalue weighted by Gasteiger charge is 2.16. The highest BCUT2D eigenvalue weighted by atomic mass is 79.9. The molecule has 0 aliphatic carbocycles. The van der Waals surface area contributed by atoms with Gasteiger partial charge in [0, 0.05) is 24.6 Å². The van der Waals surface area contributed by atoms with Crippen LogP contribution in [-0.2, 0) is 13.1 Å². The standard InChI is InChI=1S/C15H15BrF2N2/c1-20(9-11-4-2-3-5-12(11)16)15-13(17)6-10(8-19)7-14(15)18/h2-7H,8-9,19H2,1H3. The molecule has 2 aromatic rings. The summed E-state index contributed by atoms with van der Waals surface area (Å²) >= 11 is 3.43. The van der Waals surface area contributed by atoms with E-state index in [2.05, 4.69) is 15.9 Å². The SMILES string of the molecule is CN(Cc1ccccc1Br)c1c(F)cc(CN)cc1F. The molecule has 0 unspecified atom stereocenters. The first-order valence-electron chi connectivity index (χ1n) is 6.15. The Morgan fingerprint density at radius 1 is 1.15 bits per heavy atom. The Balaban J connectivity index is 2.30. The Labute approximate surface area is 125 Å². The van der Waals surface area contributed by atoms with Crippen molar-refractivity contribution in [3.05, 3.63) is 63.6 Å². The average Bonchev–Trinajstić information content (AvgIpc) is 2.40. The van der Waals surface area contributed by atoms with Gasteiger partial charge in [0.15, 0.2) is 0 Å². The summed E-state index contributed by atoms with van der Waals surface area (Å²) in [5.74, 6) is -1.19. The second-order valence-electron chi connectivity index (χ2n) is 4.56. The number of hydrogen-bond acceptors (Lipinski definition) is 2. The smallest absolute Gasteiger partial charge is 0.149 e. The first-order valence-corrected chi connectivity index (χ1v) is 6.94. The van der Waals surface area contributed by atoms with Crippen LogP contribution in [0.25, 0.3) is 0 Å². The minimum absolute atomic E-state index is 0.0436. The first kappa shape index (κ1) is 14.9. The predicted octanol–water partition coefficient (Wildman–Crippen LogP) is 3.82. The largest absolute Gasteiger partial charge is 0.365 e. The molecule has 5 heteroatoms. The molecule has 0 bridgehead atoms. The van der Waals surface area contributed by atoms with Gasteiger partial charge in [-0.1, -0.05) is 34.1 Å². The molecule has 0 saturated heterocycles. The molecule has 2 aromatic carbocycles. The fourth-order valence-electron chi connectivity index (χ4n) is 2.06. The molecule has 20 heavy (non-hydrogen) atoms. The molecule has 0 heterocycles. The van der Waals surface area contributed by atoms with E-state index in [0.717, 1.165) is 10.0 Å². The lowest BCUT2D eigenvalue weighted by Gasteiger charge is -2.21. The fraction of sp³-hybridized carbons (Fsp3) is 0.200. The Morgan fingerprint density at radius 2 is 1.75 bits per heavy atom. The van der Waals surface area contributed by atoms with E-state index in [9.17, 15) is 8.78 Å². The summed E-state index contributed by atoms with van der Waals surface area (Å²) in [7, 11) is 1.66. The zero-order valence-corrected chi connectivity index (χ0v) is 12.6. The second-order valence-corrected chi connectivity index (χ2v) is 5.41. The monoisotopic (exact) mass is 340 g/mol. The molecule has 0 aromatic heterocycles. The highest BCUT2D eigenvalue weighted by Crippen LogP contribution is 2.27. The molecular formula is C15H15BrF2N2. The van der Waals surface area contributed by atoms with Crippen molar-refractivity contribution >= 4 is 21.6 Å². The lowest BCUT2D eigenvalue weighted by molar-refractivity contribution is 0.573. The van der Waals surface area contributed by atoms with Crippen LogP contribution in [-0.4, -0.2) is 7.05 Å². The number of nitrogens with two attached hydrogens (primary N) is 1. The maximum Gasteiger partial charge on any atom is 0.149 e. The molecule has 106 valence electrons. The molecule has 0 saturated carbocycles. The number of rotatable bonds is 4. The van der Waals surface area contributed by atoms with E-state index >= 15 is 0 Å². The highest BCUT2D eigenvalue weighted by molar-refractivity contribution is 9.10. The number of hydrogen-bond donors (Lipinski definition) is 1. The maximum absolute atomic E-state index is 14.0. The Kier molecular flexibility index (Phi) is 4.73. The third-order valence-corrected chi connectivity index (χ3v) is 3.83. The minimum Gasteiger partial charge on any atom is -0.365 e. The van der Waals surface area contributed by atoms with Gasteiger partial charge in [0.1, 0.15) is 17.3 Å². The molecule has 0 fully saturated rings. The van der Waals surface area contributed by atoms with Crippen LogP contribution in [0.15, 0.2) is 40.9 Å². The van der Waals surface area contributed by atoms with Crippen molar-refractivity contribution in [2.24, 2.45) is 5.73 Å². The molecule has 0 radical (unpaired) electrons. The summed E-state index contributed by atoms with van der Waals surface area (Å²) in [6, 6.07) is 10.1. The topological polar surface area (TPSA) is 29.3 Å². The number of nitrogens with zero attached hydrogens (tertiary/aromatic N) is 1. The third-order valence-electron chi connectivity index (χ3n) is 3.06. The van der Waals surface area contributed by atoms with Gasteiger partial charge in [0.05, 0.1) is 0 Å². The van der Waals surface area contributed by atoms with Crippen molar-refractivity contribution < 1.29 is 8.78 Å². The van der Waals surface area contributed by atoms with Crippen LogP contribution >= 0.6 is 15.9 Å². The van der Waals surface area contributed by atoms with Crippen LogP contribution in [0, 0.1) is 11.6 Å². The van der Waals surface area contributed by atoms with Gasteiger partial charge in [-0.3, -0.25) is 0 Å². The van der Waals surface area contributed by atoms with E-state index in [1.165, 1.54) is 12.1 Å². The normalized spacial score (nSPS) is 10.7. The number of anilines is 1. The van der Waals surface area contributed by atoms with E-state index in [0.29, 0.717) is 12.1 Å². The minimum atomic E-state index is -0.597. The van der Waals surface area contributed by atoms with Crippen molar-refractivity contribution in [3.8, 4) is 0 Å². The second kappa shape index (κ2) is 6.33. The van der Waals surface area contributed by atoms with Gasteiger partial charge in [0.25, 0.3) is 0 Å².